The molecule has 1 N–H and O–H groups in total. The van der Waals surface area contributed by atoms with Gasteiger partial charge in [0.25, 0.3) is 5.91 Å². The lowest BCUT2D eigenvalue weighted by Crippen LogP contribution is -2.25. The number of amides is 1. The first-order chi connectivity index (χ1) is 11.1. The van der Waals surface area contributed by atoms with E-state index < -0.39 is 0 Å². The molecule has 0 aliphatic heterocycles. The number of hydrogen-bond donors (Lipinski definition) is 1. The minimum absolute atomic E-state index is 0.108. The molecule has 0 aliphatic carbocycles. The molecule has 0 atom stereocenters. The molecule has 3 rings (SSSR count). The average Bonchev–Trinajstić information content (AvgIpc) is 2.56. The minimum atomic E-state index is -0.108. The average molecular weight is 306 g/mol. The number of carbonyl (C=O) groups excluding carboxylic acids is 1. The maximum absolute atomic E-state index is 12.3. The first-order valence-corrected chi connectivity index (χ1v) is 7.56. The van der Waals surface area contributed by atoms with Crippen LogP contribution in [-0.4, -0.2) is 27.4 Å². The van der Waals surface area contributed by atoms with Crippen LogP contribution < -0.4 is 5.32 Å². The molecule has 2 aromatic heterocycles. The summed E-state index contributed by atoms with van der Waals surface area (Å²) in [6, 6.07) is 11.2. The monoisotopic (exact) mass is 306 g/mol. The number of rotatable bonds is 4. The van der Waals surface area contributed by atoms with Gasteiger partial charge in [0.1, 0.15) is 0 Å². The lowest BCUT2D eigenvalue weighted by molar-refractivity contribution is 0.0954. The lowest BCUT2D eigenvalue weighted by Gasteiger charge is -2.07. The Morgan fingerprint density at radius 3 is 2.57 bits per heavy atom. The van der Waals surface area contributed by atoms with Gasteiger partial charge in [-0.1, -0.05) is 6.07 Å². The number of fused-ring (bicyclic) bond motifs is 1. The van der Waals surface area contributed by atoms with Crippen molar-refractivity contribution in [1.82, 2.24) is 20.3 Å². The van der Waals surface area contributed by atoms with Crippen molar-refractivity contribution >= 4 is 16.9 Å². The smallest absolute Gasteiger partial charge is 0.251 e. The van der Waals surface area contributed by atoms with Crippen molar-refractivity contribution in [3.8, 4) is 0 Å². The maximum atomic E-state index is 12.3. The van der Waals surface area contributed by atoms with E-state index in [-0.39, 0.29) is 5.91 Å². The third-order valence-electron chi connectivity index (χ3n) is 3.73. The number of nitrogens with zero attached hydrogens (tertiary/aromatic N) is 3. The van der Waals surface area contributed by atoms with E-state index in [1.165, 1.54) is 0 Å². The number of nitrogens with one attached hydrogen (secondary N) is 1. The highest BCUT2D eigenvalue weighted by Gasteiger charge is 2.08. The molecule has 0 unspecified atom stereocenters. The van der Waals surface area contributed by atoms with Crippen LogP contribution in [0, 0.1) is 13.8 Å². The zero-order valence-corrected chi connectivity index (χ0v) is 13.2. The van der Waals surface area contributed by atoms with Gasteiger partial charge in [-0.2, -0.15) is 0 Å². The van der Waals surface area contributed by atoms with Crippen molar-refractivity contribution in [2.75, 3.05) is 6.54 Å². The molecule has 5 heteroatoms. The number of benzene rings is 1. The Labute approximate surface area is 134 Å². The van der Waals surface area contributed by atoms with Gasteiger partial charge in [-0.15, -0.1) is 0 Å². The number of aryl methyl sites for hydroxylation is 2. The van der Waals surface area contributed by atoms with Crippen LogP contribution >= 0.6 is 0 Å². The molecular weight excluding hydrogens is 288 g/mol. The van der Waals surface area contributed by atoms with E-state index in [9.17, 15) is 4.79 Å². The summed E-state index contributed by atoms with van der Waals surface area (Å²) in [5.41, 5.74) is 4.89. The number of pyridine rings is 1. The van der Waals surface area contributed by atoms with Gasteiger partial charge < -0.3 is 5.32 Å². The molecule has 2 heterocycles. The highest BCUT2D eigenvalue weighted by molar-refractivity contribution is 5.97. The van der Waals surface area contributed by atoms with Gasteiger partial charge in [0, 0.05) is 30.4 Å². The Kier molecular flexibility index (Phi) is 4.28. The van der Waals surface area contributed by atoms with Crippen LogP contribution in [0.25, 0.3) is 11.0 Å². The van der Waals surface area contributed by atoms with Crippen LogP contribution in [0.15, 0.2) is 42.6 Å². The van der Waals surface area contributed by atoms with Gasteiger partial charge in [0.2, 0.25) is 0 Å². The fourth-order valence-corrected chi connectivity index (χ4v) is 2.32. The zero-order valence-electron chi connectivity index (χ0n) is 13.2. The normalized spacial score (nSPS) is 10.7. The summed E-state index contributed by atoms with van der Waals surface area (Å²) in [5, 5.41) is 2.91. The topological polar surface area (TPSA) is 67.8 Å². The Morgan fingerprint density at radius 1 is 1.04 bits per heavy atom. The Balaban J connectivity index is 1.69. The third-order valence-corrected chi connectivity index (χ3v) is 3.73. The molecule has 5 nitrogen and oxygen atoms in total. The fourth-order valence-electron chi connectivity index (χ4n) is 2.32. The second kappa shape index (κ2) is 6.52. The first kappa shape index (κ1) is 15.1. The van der Waals surface area contributed by atoms with Gasteiger partial charge in [-0.25, -0.2) is 9.97 Å². The molecule has 0 radical (unpaired) electrons. The van der Waals surface area contributed by atoms with Crippen LogP contribution in [0.1, 0.15) is 27.4 Å². The third kappa shape index (κ3) is 3.51. The standard InChI is InChI=1S/C18H18N4O/c1-12-13(2)22-17-11-14(6-7-16(17)21-12)18(23)20-10-8-15-5-3-4-9-19-15/h3-7,9,11H,8,10H2,1-2H3,(H,20,23). The molecule has 23 heavy (non-hydrogen) atoms. The highest BCUT2D eigenvalue weighted by atomic mass is 16.1. The summed E-state index contributed by atoms with van der Waals surface area (Å²) < 4.78 is 0. The molecule has 0 fully saturated rings. The summed E-state index contributed by atoms with van der Waals surface area (Å²) in [5.74, 6) is -0.108. The molecule has 0 saturated heterocycles. The first-order valence-electron chi connectivity index (χ1n) is 7.56. The molecule has 1 aromatic carbocycles. The number of carbonyl (C=O) groups is 1. The van der Waals surface area contributed by atoms with Gasteiger partial charge in [0.05, 0.1) is 22.4 Å². The van der Waals surface area contributed by atoms with Crippen molar-refractivity contribution in [3.05, 3.63) is 65.2 Å². The Hall–Kier alpha value is -2.82. The van der Waals surface area contributed by atoms with Crippen molar-refractivity contribution in [2.45, 2.75) is 20.3 Å². The molecular formula is C18H18N4O. The maximum Gasteiger partial charge on any atom is 0.251 e. The molecule has 0 bridgehead atoms. The summed E-state index contributed by atoms with van der Waals surface area (Å²) in [7, 11) is 0. The fraction of sp³-hybridized carbons (Fsp3) is 0.222. The van der Waals surface area contributed by atoms with Crippen LogP contribution in [0.2, 0.25) is 0 Å². The van der Waals surface area contributed by atoms with Crippen molar-refractivity contribution < 1.29 is 4.79 Å². The second-order valence-corrected chi connectivity index (χ2v) is 5.42. The molecule has 0 aliphatic rings. The van der Waals surface area contributed by atoms with Crippen molar-refractivity contribution in [3.63, 3.8) is 0 Å². The molecule has 3 aromatic rings. The van der Waals surface area contributed by atoms with Gasteiger partial charge in [0.15, 0.2) is 0 Å². The van der Waals surface area contributed by atoms with E-state index >= 15 is 0 Å². The highest BCUT2D eigenvalue weighted by Crippen LogP contribution is 2.14. The molecule has 0 saturated carbocycles. The summed E-state index contributed by atoms with van der Waals surface area (Å²) in [6.45, 7) is 4.40. The van der Waals surface area contributed by atoms with E-state index in [4.69, 9.17) is 0 Å². The number of aromatic nitrogens is 3. The minimum Gasteiger partial charge on any atom is -0.352 e. The lowest BCUT2D eigenvalue weighted by atomic mass is 10.1. The number of hydrogen-bond acceptors (Lipinski definition) is 4. The van der Waals surface area contributed by atoms with Crippen LogP contribution in [0.3, 0.4) is 0 Å². The Morgan fingerprint density at radius 2 is 1.83 bits per heavy atom. The van der Waals surface area contributed by atoms with Crippen LogP contribution in [0.5, 0.6) is 0 Å². The van der Waals surface area contributed by atoms with Gasteiger partial charge in [-0.05, 0) is 44.2 Å². The molecule has 116 valence electrons. The molecule has 1 amide bonds. The van der Waals surface area contributed by atoms with Gasteiger partial charge in [-0.3, -0.25) is 9.78 Å². The van der Waals surface area contributed by atoms with Crippen molar-refractivity contribution in [1.29, 1.82) is 0 Å². The van der Waals surface area contributed by atoms with E-state index in [0.717, 1.165) is 28.1 Å². The predicted molar refractivity (Wildman–Crippen MR) is 89.3 cm³/mol. The predicted octanol–water partition coefficient (Wildman–Crippen LogP) is 2.61. The zero-order chi connectivity index (χ0) is 16.2. The van der Waals surface area contributed by atoms with Crippen LogP contribution in [0.4, 0.5) is 0 Å². The van der Waals surface area contributed by atoms with Gasteiger partial charge >= 0.3 is 0 Å². The summed E-state index contributed by atoms with van der Waals surface area (Å²) in [6.07, 6.45) is 2.46. The SMILES string of the molecule is Cc1nc2ccc(C(=O)NCCc3ccccn3)cc2nc1C. The summed E-state index contributed by atoms with van der Waals surface area (Å²) >= 11 is 0. The molecule has 0 spiro atoms. The van der Waals surface area contributed by atoms with E-state index in [1.54, 1.807) is 18.3 Å². The van der Waals surface area contributed by atoms with Crippen molar-refractivity contribution in [2.24, 2.45) is 0 Å². The van der Waals surface area contributed by atoms with E-state index in [1.807, 2.05) is 38.1 Å². The van der Waals surface area contributed by atoms with Crippen LogP contribution in [-0.2, 0) is 6.42 Å². The van der Waals surface area contributed by atoms with E-state index in [0.29, 0.717) is 18.5 Å². The second-order valence-electron chi connectivity index (χ2n) is 5.42. The van der Waals surface area contributed by atoms with E-state index in [2.05, 4.69) is 20.3 Å². The quantitative estimate of drug-likeness (QED) is 0.804. The summed E-state index contributed by atoms with van der Waals surface area (Å²) in [4.78, 5) is 25.5. The Bertz CT molecular complexity index is 846. The largest absolute Gasteiger partial charge is 0.352 e.